The van der Waals surface area contributed by atoms with Crippen LogP contribution in [0.3, 0.4) is 0 Å². The van der Waals surface area contributed by atoms with E-state index in [1.54, 1.807) is 35.8 Å². The van der Waals surface area contributed by atoms with Crippen molar-refractivity contribution in [2.75, 3.05) is 24.6 Å². The van der Waals surface area contributed by atoms with Crippen LogP contribution in [0.4, 0.5) is 14.9 Å². The number of halogens is 1. The van der Waals surface area contributed by atoms with E-state index < -0.39 is 24.0 Å². The van der Waals surface area contributed by atoms with Crippen LogP contribution >= 0.6 is 0 Å². The van der Waals surface area contributed by atoms with Crippen LogP contribution in [0.5, 0.6) is 0 Å². The average Bonchev–Trinajstić information content (AvgIpc) is 3.45. The molecule has 1 saturated heterocycles. The van der Waals surface area contributed by atoms with E-state index in [2.05, 4.69) is 15.3 Å². The lowest BCUT2D eigenvalue weighted by molar-refractivity contribution is -0.119. The van der Waals surface area contributed by atoms with Gasteiger partial charge in [-0.3, -0.25) is 14.3 Å². The molecule has 4 rings (SSSR count). The molecule has 1 N–H and O–H groups in total. The van der Waals surface area contributed by atoms with Gasteiger partial charge in [0.2, 0.25) is 5.91 Å². The van der Waals surface area contributed by atoms with Gasteiger partial charge in [0.25, 0.3) is 0 Å². The molecule has 11 heteroatoms. The molecule has 1 aromatic carbocycles. The van der Waals surface area contributed by atoms with Gasteiger partial charge in [0.1, 0.15) is 24.1 Å². The van der Waals surface area contributed by atoms with Gasteiger partial charge in [-0.2, -0.15) is 0 Å². The van der Waals surface area contributed by atoms with Gasteiger partial charge in [-0.25, -0.2) is 23.9 Å². The zero-order chi connectivity index (χ0) is 24.2. The fourth-order valence-electron chi connectivity index (χ4n) is 3.46. The van der Waals surface area contributed by atoms with Crippen molar-refractivity contribution >= 4 is 23.7 Å². The minimum Gasteiger partial charge on any atom is -0.461 e. The molecule has 0 saturated carbocycles. The second kappa shape index (κ2) is 9.69. The summed E-state index contributed by atoms with van der Waals surface area (Å²) in [5, 5.41) is 2.60. The number of hydrogen-bond acceptors (Lipinski definition) is 7. The Morgan fingerprint density at radius 3 is 2.76 bits per heavy atom. The number of anilines is 1. The summed E-state index contributed by atoms with van der Waals surface area (Å²) < 4.78 is 26.6. The largest absolute Gasteiger partial charge is 0.461 e. The topological polar surface area (TPSA) is 116 Å². The van der Waals surface area contributed by atoms with Gasteiger partial charge < -0.3 is 14.8 Å². The van der Waals surface area contributed by atoms with E-state index in [1.165, 1.54) is 36.6 Å². The van der Waals surface area contributed by atoms with Gasteiger partial charge in [-0.15, -0.1) is 0 Å². The molecule has 1 aliphatic rings. The number of nitrogens with zero attached hydrogens (tertiary/aromatic N) is 4. The molecule has 0 spiro atoms. The first kappa shape index (κ1) is 22.9. The van der Waals surface area contributed by atoms with E-state index in [0.29, 0.717) is 22.6 Å². The summed E-state index contributed by atoms with van der Waals surface area (Å²) >= 11 is 0. The number of nitrogens with one attached hydrogen (secondary N) is 1. The lowest BCUT2D eigenvalue weighted by atomic mass is 10.1. The van der Waals surface area contributed by atoms with Crippen molar-refractivity contribution in [1.29, 1.82) is 0 Å². The highest BCUT2D eigenvalue weighted by atomic mass is 19.1. The third-order valence-corrected chi connectivity index (χ3v) is 5.11. The van der Waals surface area contributed by atoms with E-state index in [1.807, 2.05) is 0 Å². The van der Waals surface area contributed by atoms with Gasteiger partial charge in [0, 0.05) is 30.4 Å². The van der Waals surface area contributed by atoms with Crippen LogP contribution < -0.4 is 10.2 Å². The smallest absolute Gasteiger partial charge is 0.414 e. The average molecular weight is 467 g/mol. The summed E-state index contributed by atoms with van der Waals surface area (Å²) in [6, 6.07) is 7.80. The van der Waals surface area contributed by atoms with Crippen LogP contribution in [-0.2, 0) is 14.3 Å². The van der Waals surface area contributed by atoms with Crippen molar-refractivity contribution < 1.29 is 28.2 Å². The van der Waals surface area contributed by atoms with Crippen molar-refractivity contribution in [1.82, 2.24) is 19.9 Å². The number of carbonyl (C=O) groups excluding carboxylic acids is 3. The molecule has 0 bridgehead atoms. The Balaban J connectivity index is 1.48. The summed E-state index contributed by atoms with van der Waals surface area (Å²) in [6.45, 7) is 3.73. The van der Waals surface area contributed by atoms with E-state index in [0.717, 1.165) is 0 Å². The molecular formula is C23H22FN5O5. The number of aromatic nitrogens is 3. The summed E-state index contributed by atoms with van der Waals surface area (Å²) in [7, 11) is 0. The fourth-order valence-corrected chi connectivity index (χ4v) is 3.46. The Morgan fingerprint density at radius 2 is 2.09 bits per heavy atom. The Hall–Kier alpha value is -4.28. The number of cyclic esters (lactones) is 1. The minimum absolute atomic E-state index is 0.161. The molecule has 3 aromatic rings. The zero-order valence-corrected chi connectivity index (χ0v) is 18.5. The second-order valence-corrected chi connectivity index (χ2v) is 7.51. The van der Waals surface area contributed by atoms with E-state index in [9.17, 15) is 18.8 Å². The first-order valence-electron chi connectivity index (χ1n) is 10.6. The summed E-state index contributed by atoms with van der Waals surface area (Å²) in [5.41, 5.74) is 1.36. The van der Waals surface area contributed by atoms with Gasteiger partial charge in [-0.05, 0) is 37.3 Å². The predicted octanol–water partition coefficient (Wildman–Crippen LogP) is 2.71. The third-order valence-electron chi connectivity index (χ3n) is 5.11. The zero-order valence-electron chi connectivity index (χ0n) is 18.5. The fraction of sp³-hybridized carbons (Fsp3) is 0.261. The van der Waals surface area contributed by atoms with Crippen LogP contribution in [0.15, 0.2) is 49.1 Å². The van der Waals surface area contributed by atoms with Crippen molar-refractivity contribution in [2.45, 2.75) is 20.0 Å². The SMILES string of the molecule is CCOC(=O)c1cn(-c2ccc(-c3ccc(N4C[C@H](CNC(C)=O)OC4=O)cc3F)cn2)cn1. The van der Waals surface area contributed by atoms with Crippen molar-refractivity contribution in [3.8, 4) is 16.9 Å². The van der Waals surface area contributed by atoms with Crippen molar-refractivity contribution in [3.63, 3.8) is 0 Å². The molecule has 1 fully saturated rings. The van der Waals surface area contributed by atoms with Gasteiger partial charge in [-0.1, -0.05) is 0 Å². The lowest BCUT2D eigenvalue weighted by Gasteiger charge is -2.14. The molecule has 0 aliphatic carbocycles. The van der Waals surface area contributed by atoms with Gasteiger partial charge in [0.15, 0.2) is 5.69 Å². The molecule has 0 unspecified atom stereocenters. The molecule has 1 aliphatic heterocycles. The molecule has 3 heterocycles. The quantitative estimate of drug-likeness (QED) is 0.531. The van der Waals surface area contributed by atoms with Crippen LogP contribution in [0, 0.1) is 5.82 Å². The number of amides is 2. The third kappa shape index (κ3) is 4.87. The number of carbonyl (C=O) groups is 3. The van der Waals surface area contributed by atoms with Crippen molar-refractivity contribution in [2.24, 2.45) is 0 Å². The number of esters is 1. The number of rotatable bonds is 7. The highest BCUT2D eigenvalue weighted by Crippen LogP contribution is 2.29. The molecule has 176 valence electrons. The van der Waals surface area contributed by atoms with Crippen LogP contribution in [0.25, 0.3) is 16.9 Å². The summed E-state index contributed by atoms with van der Waals surface area (Å²) in [5.74, 6) is -0.786. The van der Waals surface area contributed by atoms with Crippen LogP contribution in [0.1, 0.15) is 24.3 Å². The maximum Gasteiger partial charge on any atom is 0.414 e. The van der Waals surface area contributed by atoms with Crippen LogP contribution in [-0.4, -0.2) is 58.3 Å². The Labute approximate surface area is 194 Å². The predicted molar refractivity (Wildman–Crippen MR) is 119 cm³/mol. The van der Waals surface area contributed by atoms with Gasteiger partial charge >= 0.3 is 12.1 Å². The Kier molecular flexibility index (Phi) is 6.53. The number of pyridine rings is 1. The van der Waals surface area contributed by atoms with E-state index in [4.69, 9.17) is 9.47 Å². The Morgan fingerprint density at radius 1 is 1.26 bits per heavy atom. The highest BCUT2D eigenvalue weighted by molar-refractivity contribution is 5.90. The van der Waals surface area contributed by atoms with Crippen LogP contribution in [0.2, 0.25) is 0 Å². The molecule has 2 amide bonds. The summed E-state index contributed by atoms with van der Waals surface area (Å²) in [6.07, 6.45) is 3.34. The number of imidazole rings is 1. The normalized spacial score (nSPS) is 15.2. The molecule has 0 radical (unpaired) electrons. The first-order chi connectivity index (χ1) is 16.4. The second-order valence-electron chi connectivity index (χ2n) is 7.51. The molecule has 10 nitrogen and oxygen atoms in total. The molecule has 2 aromatic heterocycles. The summed E-state index contributed by atoms with van der Waals surface area (Å²) in [4.78, 5) is 44.7. The highest BCUT2D eigenvalue weighted by Gasteiger charge is 2.32. The monoisotopic (exact) mass is 467 g/mol. The number of ether oxygens (including phenoxy) is 2. The maximum atomic E-state index is 14.9. The molecular weight excluding hydrogens is 445 g/mol. The maximum absolute atomic E-state index is 14.9. The lowest BCUT2D eigenvalue weighted by Crippen LogP contribution is -2.33. The van der Waals surface area contributed by atoms with E-state index in [-0.39, 0.29) is 31.3 Å². The number of hydrogen-bond donors (Lipinski definition) is 1. The van der Waals surface area contributed by atoms with Crippen molar-refractivity contribution in [3.05, 3.63) is 60.6 Å². The van der Waals surface area contributed by atoms with E-state index >= 15 is 0 Å². The molecule has 34 heavy (non-hydrogen) atoms. The minimum atomic E-state index is -0.601. The molecule has 1 atom stereocenters. The Bertz CT molecular complexity index is 1230. The number of benzene rings is 1. The standard InChI is InChI=1S/C23H22FN5O5/c1-3-33-22(31)20-12-28(13-27-20)21-7-4-15(9-26-21)18-6-5-16(8-19(18)24)29-11-17(34-23(29)32)10-25-14(2)30/h4-9,12-13,17H,3,10-11H2,1-2H3,(H,25,30)/t17-/m0/s1. The first-order valence-corrected chi connectivity index (χ1v) is 10.6. The van der Waals surface area contributed by atoms with Gasteiger partial charge in [0.05, 0.1) is 25.4 Å².